The molecule has 0 unspecified atom stereocenters. The van der Waals surface area contributed by atoms with Gasteiger partial charge in [0.15, 0.2) is 0 Å². The van der Waals surface area contributed by atoms with E-state index in [1.165, 1.54) is 0 Å². The van der Waals surface area contributed by atoms with Gasteiger partial charge in [-0.3, -0.25) is 14.4 Å². The van der Waals surface area contributed by atoms with Gasteiger partial charge in [-0.15, -0.1) is 0 Å². The predicted octanol–water partition coefficient (Wildman–Crippen LogP) is 1.25. The number of alkyl carbamates (subject to hydrolysis) is 1. The van der Waals surface area contributed by atoms with Crippen molar-refractivity contribution in [2.45, 2.75) is 12.3 Å². The van der Waals surface area contributed by atoms with Crippen molar-refractivity contribution in [1.29, 1.82) is 0 Å². The Labute approximate surface area is 196 Å². The van der Waals surface area contributed by atoms with Crippen LogP contribution in [0.5, 0.6) is 0 Å². The molecule has 0 aliphatic heterocycles. The maximum absolute atomic E-state index is 12.1. The Hall–Kier alpha value is -3.92. The zero-order chi connectivity index (χ0) is 24.3. The van der Waals surface area contributed by atoms with Crippen LogP contribution in [0.2, 0.25) is 0 Å². The number of rotatable bonds is 12. The van der Waals surface area contributed by atoms with Gasteiger partial charge >= 0.3 is 12.1 Å². The summed E-state index contributed by atoms with van der Waals surface area (Å²) in [5.74, 6) is -2.18. The van der Waals surface area contributed by atoms with Crippen LogP contribution >= 0.6 is 0 Å². The molecular weight excluding hydrogens is 442 g/mol. The first-order valence-electron chi connectivity index (χ1n) is 10.9. The van der Waals surface area contributed by atoms with E-state index in [9.17, 15) is 19.2 Å². The second kappa shape index (κ2) is 12.4. The summed E-state index contributed by atoms with van der Waals surface area (Å²) in [4.78, 5) is 45.4. The van der Waals surface area contributed by atoms with E-state index in [1.54, 1.807) is 0 Å². The third kappa shape index (κ3) is 7.04. The number of fused-ring (bicyclic) bond motifs is 3. The highest BCUT2D eigenvalue weighted by Gasteiger charge is 2.28. The summed E-state index contributed by atoms with van der Waals surface area (Å²) in [5.41, 5.74) is 4.59. The maximum atomic E-state index is 12.1. The van der Waals surface area contributed by atoms with Gasteiger partial charge in [-0.25, -0.2) is 4.79 Å². The van der Waals surface area contributed by atoms with Crippen molar-refractivity contribution in [3.8, 4) is 11.1 Å². The lowest BCUT2D eigenvalue weighted by Crippen LogP contribution is -2.39. The molecule has 1 aliphatic rings. The molecule has 0 saturated heterocycles. The Kier molecular flexibility index (Phi) is 8.98. The number of hydrogen-bond donors (Lipinski definition) is 4. The molecule has 10 heteroatoms. The molecule has 0 fully saturated rings. The molecule has 0 radical (unpaired) electrons. The molecule has 10 nitrogen and oxygen atoms in total. The summed E-state index contributed by atoms with van der Waals surface area (Å²) in [6, 6.07) is 16.2. The Morgan fingerprint density at radius 2 is 1.41 bits per heavy atom. The van der Waals surface area contributed by atoms with Gasteiger partial charge in [-0.05, 0) is 22.3 Å². The fourth-order valence-corrected chi connectivity index (χ4v) is 3.65. The van der Waals surface area contributed by atoms with Crippen molar-refractivity contribution < 1.29 is 33.8 Å². The van der Waals surface area contributed by atoms with Gasteiger partial charge in [-0.2, -0.15) is 0 Å². The zero-order valence-corrected chi connectivity index (χ0v) is 18.5. The molecule has 0 spiro atoms. The second-order valence-corrected chi connectivity index (χ2v) is 7.56. The Balaban J connectivity index is 1.28. The summed E-state index contributed by atoms with van der Waals surface area (Å²) >= 11 is 0. The molecule has 0 atom stereocenters. The van der Waals surface area contributed by atoms with Gasteiger partial charge in [0.25, 0.3) is 0 Å². The van der Waals surface area contributed by atoms with Crippen molar-refractivity contribution >= 4 is 23.9 Å². The maximum Gasteiger partial charge on any atom is 0.407 e. The number of carbonyl (C=O) groups excluding carboxylic acids is 3. The number of benzene rings is 2. The Morgan fingerprint density at radius 3 is 2.06 bits per heavy atom. The van der Waals surface area contributed by atoms with Gasteiger partial charge in [0.05, 0.1) is 19.8 Å². The summed E-state index contributed by atoms with van der Waals surface area (Å²) in [6.07, 6.45) is -0.521. The number of hydrogen-bond acceptors (Lipinski definition) is 6. The molecule has 0 bridgehead atoms. The third-order valence-corrected chi connectivity index (χ3v) is 5.22. The number of carboxylic acids is 1. The number of carbonyl (C=O) groups is 4. The number of aliphatic carboxylic acids is 1. The molecule has 4 N–H and O–H groups in total. The Bertz CT molecular complexity index is 995. The van der Waals surface area contributed by atoms with Crippen LogP contribution in [0.25, 0.3) is 11.1 Å². The van der Waals surface area contributed by atoms with Crippen LogP contribution in [0, 0.1) is 0 Å². The quantitative estimate of drug-likeness (QED) is 0.343. The fraction of sp³-hybridized carbons (Fsp3) is 0.333. The molecule has 2 aromatic rings. The smallest absolute Gasteiger partial charge is 0.407 e. The van der Waals surface area contributed by atoms with E-state index in [1.807, 2.05) is 36.4 Å². The molecule has 3 rings (SSSR count). The minimum absolute atomic E-state index is 0.0147. The average Bonchev–Trinajstić information content (AvgIpc) is 3.16. The topological polar surface area (TPSA) is 143 Å². The molecule has 34 heavy (non-hydrogen) atoms. The van der Waals surface area contributed by atoms with Crippen LogP contribution in [0.3, 0.4) is 0 Å². The van der Waals surface area contributed by atoms with Gasteiger partial charge in [0.2, 0.25) is 11.8 Å². The summed E-state index contributed by atoms with van der Waals surface area (Å²) in [5, 5.41) is 15.6. The Morgan fingerprint density at radius 1 is 0.794 bits per heavy atom. The monoisotopic (exact) mass is 469 g/mol. The predicted molar refractivity (Wildman–Crippen MR) is 122 cm³/mol. The molecule has 0 aromatic heterocycles. The standard InChI is InChI=1S/C24H27N3O7/c28-21(26-13-22(29)27-14-23(30)31)9-11-33-12-10-25-24(32)34-15-20-18-7-3-1-5-16(18)17-6-2-4-8-19(17)20/h1-8,20H,9-15H2,(H,25,32)(H,26,28)(H,27,29)(H,30,31). The van der Waals surface area contributed by atoms with Crippen LogP contribution in [0.15, 0.2) is 48.5 Å². The highest BCUT2D eigenvalue weighted by Crippen LogP contribution is 2.44. The molecule has 2 aromatic carbocycles. The normalized spacial score (nSPS) is 11.8. The van der Waals surface area contributed by atoms with E-state index in [0.717, 1.165) is 22.3 Å². The van der Waals surface area contributed by atoms with E-state index in [2.05, 4.69) is 28.1 Å². The first-order valence-corrected chi connectivity index (χ1v) is 10.9. The van der Waals surface area contributed by atoms with Crippen LogP contribution in [-0.4, -0.2) is 68.4 Å². The minimum atomic E-state index is -1.17. The summed E-state index contributed by atoms with van der Waals surface area (Å²) in [7, 11) is 0. The van der Waals surface area contributed by atoms with Crippen LogP contribution in [0.4, 0.5) is 4.79 Å². The molecule has 0 saturated carbocycles. The van der Waals surface area contributed by atoms with Gasteiger partial charge in [0.1, 0.15) is 13.2 Å². The lowest BCUT2D eigenvalue weighted by molar-refractivity contribution is -0.137. The minimum Gasteiger partial charge on any atom is -0.480 e. The summed E-state index contributed by atoms with van der Waals surface area (Å²) < 4.78 is 10.7. The highest BCUT2D eigenvalue weighted by atomic mass is 16.5. The van der Waals surface area contributed by atoms with Crippen molar-refractivity contribution in [3.63, 3.8) is 0 Å². The molecule has 3 amide bonds. The van der Waals surface area contributed by atoms with E-state index in [-0.39, 0.29) is 45.2 Å². The molecule has 1 aliphatic carbocycles. The van der Waals surface area contributed by atoms with E-state index >= 15 is 0 Å². The number of nitrogens with one attached hydrogen (secondary N) is 3. The van der Waals surface area contributed by atoms with Crippen LogP contribution in [0.1, 0.15) is 23.5 Å². The number of carboxylic acid groups (broad SMARTS) is 1. The second-order valence-electron chi connectivity index (χ2n) is 7.56. The zero-order valence-electron chi connectivity index (χ0n) is 18.5. The van der Waals surface area contributed by atoms with Gasteiger partial charge in [-0.1, -0.05) is 48.5 Å². The lowest BCUT2D eigenvalue weighted by atomic mass is 9.98. The third-order valence-electron chi connectivity index (χ3n) is 5.22. The van der Waals surface area contributed by atoms with Crippen molar-refractivity contribution in [3.05, 3.63) is 59.7 Å². The first-order chi connectivity index (χ1) is 16.5. The molecule has 180 valence electrons. The van der Waals surface area contributed by atoms with Crippen molar-refractivity contribution in [2.75, 3.05) is 39.5 Å². The van der Waals surface area contributed by atoms with Gasteiger partial charge in [0, 0.05) is 18.9 Å². The van der Waals surface area contributed by atoms with E-state index in [0.29, 0.717) is 0 Å². The fourth-order valence-electron chi connectivity index (χ4n) is 3.65. The van der Waals surface area contributed by atoms with Crippen LogP contribution < -0.4 is 16.0 Å². The number of ether oxygens (including phenoxy) is 2. The average molecular weight is 469 g/mol. The van der Waals surface area contributed by atoms with E-state index in [4.69, 9.17) is 14.6 Å². The van der Waals surface area contributed by atoms with Crippen molar-refractivity contribution in [1.82, 2.24) is 16.0 Å². The van der Waals surface area contributed by atoms with E-state index < -0.39 is 30.4 Å². The van der Waals surface area contributed by atoms with Crippen LogP contribution in [-0.2, 0) is 23.9 Å². The molecular formula is C24H27N3O7. The SMILES string of the molecule is O=C(O)CNC(=O)CNC(=O)CCOCCNC(=O)OCC1c2ccccc2-c2ccccc21. The summed E-state index contributed by atoms with van der Waals surface area (Å²) in [6.45, 7) is -0.0771. The largest absolute Gasteiger partial charge is 0.480 e. The first kappa shape index (κ1) is 24.7. The lowest BCUT2D eigenvalue weighted by Gasteiger charge is -2.14. The number of amides is 3. The van der Waals surface area contributed by atoms with Crippen molar-refractivity contribution in [2.24, 2.45) is 0 Å². The van der Waals surface area contributed by atoms with Gasteiger partial charge < -0.3 is 30.5 Å². The highest BCUT2D eigenvalue weighted by molar-refractivity contribution is 5.86. The molecule has 0 heterocycles.